The van der Waals surface area contributed by atoms with Crippen LogP contribution in [0.3, 0.4) is 0 Å². The van der Waals surface area contributed by atoms with Crippen LogP contribution in [0.5, 0.6) is 0 Å². The first-order valence-corrected chi connectivity index (χ1v) is 9.70. The molecular formula is C24H14BrNO. The lowest BCUT2D eigenvalue weighted by Crippen LogP contribution is -1.92. The fourth-order valence-electron chi connectivity index (χ4n) is 4.10. The Morgan fingerprint density at radius 3 is 2.33 bits per heavy atom. The quantitative estimate of drug-likeness (QED) is 0.274. The minimum absolute atomic E-state index is 0.923. The molecule has 6 aromatic rings. The fraction of sp³-hybridized carbons (Fsp3) is 0. The van der Waals surface area contributed by atoms with E-state index in [0.717, 1.165) is 32.1 Å². The van der Waals surface area contributed by atoms with E-state index in [4.69, 9.17) is 4.42 Å². The molecule has 0 amide bonds. The van der Waals surface area contributed by atoms with Gasteiger partial charge in [-0.2, -0.15) is 0 Å². The molecule has 27 heavy (non-hydrogen) atoms. The molecule has 0 fully saturated rings. The Labute approximate surface area is 163 Å². The second-order valence-corrected chi connectivity index (χ2v) is 7.62. The van der Waals surface area contributed by atoms with Gasteiger partial charge in [0.05, 0.1) is 11.0 Å². The molecule has 0 spiro atoms. The van der Waals surface area contributed by atoms with Crippen LogP contribution in [0.1, 0.15) is 0 Å². The number of benzene rings is 4. The summed E-state index contributed by atoms with van der Waals surface area (Å²) in [4.78, 5) is 0. The third-order valence-corrected chi connectivity index (χ3v) is 5.91. The highest BCUT2D eigenvalue weighted by Crippen LogP contribution is 2.40. The summed E-state index contributed by atoms with van der Waals surface area (Å²) in [7, 11) is 0. The molecule has 2 heterocycles. The highest BCUT2D eigenvalue weighted by molar-refractivity contribution is 9.10. The molecule has 128 valence electrons. The molecule has 0 unspecified atom stereocenters. The van der Waals surface area contributed by atoms with Crippen molar-refractivity contribution in [3.05, 3.63) is 89.4 Å². The molecule has 6 rings (SSSR count). The van der Waals surface area contributed by atoms with Gasteiger partial charge in [0, 0.05) is 31.7 Å². The number of hydrogen-bond acceptors (Lipinski definition) is 1. The van der Waals surface area contributed by atoms with Crippen LogP contribution >= 0.6 is 15.9 Å². The van der Waals surface area contributed by atoms with Gasteiger partial charge in [-0.05, 0) is 42.5 Å². The van der Waals surface area contributed by atoms with E-state index in [-0.39, 0.29) is 0 Å². The van der Waals surface area contributed by atoms with Gasteiger partial charge in [0.1, 0.15) is 11.2 Å². The van der Waals surface area contributed by atoms with Crippen LogP contribution in [0.4, 0.5) is 0 Å². The summed E-state index contributed by atoms with van der Waals surface area (Å²) in [6.07, 6.45) is 0. The Morgan fingerprint density at radius 1 is 0.630 bits per heavy atom. The number of halogens is 1. The highest BCUT2D eigenvalue weighted by atomic mass is 79.9. The Balaban J connectivity index is 1.88. The van der Waals surface area contributed by atoms with Gasteiger partial charge in [-0.25, -0.2) is 0 Å². The summed E-state index contributed by atoms with van der Waals surface area (Å²) < 4.78 is 9.56. The zero-order valence-corrected chi connectivity index (χ0v) is 15.9. The average molecular weight is 412 g/mol. The zero-order valence-electron chi connectivity index (χ0n) is 14.3. The van der Waals surface area contributed by atoms with Crippen molar-refractivity contribution in [3.8, 4) is 5.69 Å². The number of hydrogen-bond donors (Lipinski definition) is 0. The van der Waals surface area contributed by atoms with E-state index in [1.807, 2.05) is 12.1 Å². The molecule has 2 nitrogen and oxygen atoms in total. The first-order chi connectivity index (χ1) is 13.3. The molecule has 0 aliphatic rings. The van der Waals surface area contributed by atoms with Crippen molar-refractivity contribution in [1.29, 1.82) is 0 Å². The molecule has 0 saturated carbocycles. The molecule has 0 radical (unpaired) electrons. The number of nitrogens with zero attached hydrogens (tertiary/aromatic N) is 1. The van der Waals surface area contributed by atoms with Gasteiger partial charge in [0.2, 0.25) is 0 Å². The normalized spacial score (nSPS) is 11.9. The van der Waals surface area contributed by atoms with Crippen LogP contribution in [0.2, 0.25) is 0 Å². The SMILES string of the molecule is Brc1cccc2c1c1cc3oc4ccccc4c3cc1n2-c1ccccc1. The minimum atomic E-state index is 0.923. The van der Waals surface area contributed by atoms with E-state index in [2.05, 4.69) is 93.3 Å². The predicted octanol–water partition coefficient (Wildman–Crippen LogP) is 7.45. The first kappa shape index (κ1) is 15.1. The van der Waals surface area contributed by atoms with E-state index >= 15 is 0 Å². The molecule has 0 aliphatic heterocycles. The van der Waals surface area contributed by atoms with E-state index in [0.29, 0.717) is 0 Å². The lowest BCUT2D eigenvalue weighted by molar-refractivity contribution is 0.669. The summed E-state index contributed by atoms with van der Waals surface area (Å²) in [5, 5.41) is 4.69. The molecule has 0 aliphatic carbocycles. The third kappa shape index (κ3) is 2.06. The second kappa shape index (κ2) is 5.48. The van der Waals surface area contributed by atoms with Crippen molar-refractivity contribution in [2.75, 3.05) is 0 Å². The predicted molar refractivity (Wildman–Crippen MR) is 116 cm³/mol. The van der Waals surface area contributed by atoms with Crippen LogP contribution in [-0.2, 0) is 0 Å². The molecule has 0 bridgehead atoms. The maximum atomic E-state index is 6.14. The lowest BCUT2D eigenvalue weighted by atomic mass is 10.1. The summed E-state index contributed by atoms with van der Waals surface area (Å²) in [5.41, 5.74) is 5.37. The van der Waals surface area contributed by atoms with Gasteiger partial charge in [0.15, 0.2) is 0 Å². The second-order valence-electron chi connectivity index (χ2n) is 6.77. The van der Waals surface area contributed by atoms with Crippen molar-refractivity contribution in [2.45, 2.75) is 0 Å². The van der Waals surface area contributed by atoms with Gasteiger partial charge in [0.25, 0.3) is 0 Å². The molecule has 3 heteroatoms. The molecular weight excluding hydrogens is 398 g/mol. The molecule has 4 aromatic carbocycles. The first-order valence-electron chi connectivity index (χ1n) is 8.90. The van der Waals surface area contributed by atoms with E-state index in [9.17, 15) is 0 Å². The van der Waals surface area contributed by atoms with Gasteiger partial charge in [-0.1, -0.05) is 58.4 Å². The van der Waals surface area contributed by atoms with Gasteiger partial charge < -0.3 is 8.98 Å². The summed E-state index contributed by atoms with van der Waals surface area (Å²) in [6.45, 7) is 0. The Hall–Kier alpha value is -3.04. The maximum Gasteiger partial charge on any atom is 0.136 e. The van der Waals surface area contributed by atoms with Crippen molar-refractivity contribution in [1.82, 2.24) is 4.57 Å². The Bertz CT molecular complexity index is 1470. The zero-order chi connectivity index (χ0) is 18.0. The summed E-state index contributed by atoms with van der Waals surface area (Å²) in [6, 6.07) is 29.5. The summed E-state index contributed by atoms with van der Waals surface area (Å²) in [5.74, 6) is 0. The van der Waals surface area contributed by atoms with E-state index in [1.54, 1.807) is 0 Å². The number of para-hydroxylation sites is 2. The molecule has 0 N–H and O–H groups in total. The highest BCUT2D eigenvalue weighted by Gasteiger charge is 2.17. The smallest absolute Gasteiger partial charge is 0.136 e. The summed E-state index contributed by atoms with van der Waals surface area (Å²) >= 11 is 3.76. The Kier molecular flexibility index (Phi) is 3.06. The number of furan rings is 1. The van der Waals surface area contributed by atoms with Gasteiger partial charge in [-0.3, -0.25) is 0 Å². The van der Waals surface area contributed by atoms with Crippen molar-refractivity contribution in [3.63, 3.8) is 0 Å². The van der Waals surface area contributed by atoms with Crippen molar-refractivity contribution in [2.24, 2.45) is 0 Å². The largest absolute Gasteiger partial charge is 0.456 e. The van der Waals surface area contributed by atoms with Gasteiger partial charge >= 0.3 is 0 Å². The Morgan fingerprint density at radius 2 is 1.44 bits per heavy atom. The van der Waals surface area contributed by atoms with Crippen molar-refractivity contribution >= 4 is 59.7 Å². The maximum absolute atomic E-state index is 6.14. The third-order valence-electron chi connectivity index (χ3n) is 5.25. The van der Waals surface area contributed by atoms with Crippen LogP contribution in [0.15, 0.2) is 93.8 Å². The van der Waals surface area contributed by atoms with E-state index < -0.39 is 0 Å². The monoisotopic (exact) mass is 411 g/mol. The fourth-order valence-corrected chi connectivity index (χ4v) is 4.67. The van der Waals surface area contributed by atoms with Crippen molar-refractivity contribution < 1.29 is 4.42 Å². The molecule has 2 aromatic heterocycles. The van der Waals surface area contributed by atoms with E-state index in [1.165, 1.54) is 21.8 Å². The standard InChI is InChI=1S/C24H14BrNO/c25-19-10-6-11-20-24(19)18-14-23-17(16-9-4-5-12-22(16)27-23)13-21(18)26(20)15-7-2-1-3-8-15/h1-14H. The van der Waals surface area contributed by atoms with Crippen LogP contribution < -0.4 is 0 Å². The average Bonchev–Trinajstić information content (AvgIpc) is 3.22. The number of fused-ring (bicyclic) bond motifs is 6. The lowest BCUT2D eigenvalue weighted by Gasteiger charge is -2.07. The molecule has 0 saturated heterocycles. The topological polar surface area (TPSA) is 18.1 Å². The van der Waals surface area contributed by atoms with Crippen LogP contribution in [-0.4, -0.2) is 4.57 Å². The van der Waals surface area contributed by atoms with Gasteiger partial charge in [-0.15, -0.1) is 0 Å². The number of aromatic nitrogens is 1. The number of rotatable bonds is 1. The minimum Gasteiger partial charge on any atom is -0.456 e. The molecule has 0 atom stereocenters. The van der Waals surface area contributed by atoms with Crippen LogP contribution in [0.25, 0.3) is 49.4 Å². The van der Waals surface area contributed by atoms with Crippen LogP contribution in [0, 0.1) is 0 Å².